The first-order valence-corrected chi connectivity index (χ1v) is 6.09. The van der Waals surface area contributed by atoms with Crippen LogP contribution in [0.5, 0.6) is 0 Å². The molecule has 1 aromatic carbocycles. The van der Waals surface area contributed by atoms with Crippen LogP contribution in [0.1, 0.15) is 9.67 Å². The topological polar surface area (TPSA) is 69.4 Å². The second-order valence-corrected chi connectivity index (χ2v) is 4.66. The van der Waals surface area contributed by atoms with Crippen molar-refractivity contribution < 1.29 is 14.3 Å². The van der Waals surface area contributed by atoms with Gasteiger partial charge >= 0.3 is 5.97 Å². The van der Waals surface area contributed by atoms with E-state index in [-0.39, 0.29) is 0 Å². The van der Waals surface area contributed by atoms with Crippen molar-refractivity contribution in [1.82, 2.24) is 0 Å². The molecular weight excluding hydrogens is 250 g/mol. The van der Waals surface area contributed by atoms with Crippen molar-refractivity contribution >= 4 is 23.2 Å². The monoisotopic (exact) mass is 261 g/mol. The third kappa shape index (κ3) is 2.95. The Morgan fingerprint density at radius 2 is 1.83 bits per heavy atom. The minimum Gasteiger partial charge on any atom is -0.451 e. The Hall–Kier alpha value is -2.14. The number of rotatable bonds is 4. The van der Waals surface area contributed by atoms with E-state index in [2.05, 4.69) is 0 Å². The predicted octanol–water partition coefficient (Wildman–Crippen LogP) is 2.06. The molecule has 0 saturated carbocycles. The number of ether oxygens (including phenoxy) is 1. The van der Waals surface area contributed by atoms with Gasteiger partial charge in [0.05, 0.1) is 0 Å². The number of benzene rings is 1. The lowest BCUT2D eigenvalue weighted by Gasteiger charge is -1.99. The molecule has 2 rings (SSSR count). The van der Waals surface area contributed by atoms with E-state index in [1.807, 2.05) is 36.4 Å². The lowest BCUT2D eigenvalue weighted by Crippen LogP contribution is -2.20. The van der Waals surface area contributed by atoms with E-state index >= 15 is 0 Å². The third-order valence-corrected chi connectivity index (χ3v) is 3.33. The van der Waals surface area contributed by atoms with Gasteiger partial charge < -0.3 is 10.5 Å². The van der Waals surface area contributed by atoms with Crippen molar-refractivity contribution in [3.63, 3.8) is 0 Å². The summed E-state index contributed by atoms with van der Waals surface area (Å²) in [5.41, 5.74) is 5.94. The molecule has 4 nitrogen and oxygen atoms in total. The van der Waals surface area contributed by atoms with Crippen molar-refractivity contribution in [2.75, 3.05) is 6.61 Å². The maximum Gasteiger partial charge on any atom is 0.348 e. The van der Waals surface area contributed by atoms with Crippen LogP contribution < -0.4 is 5.73 Å². The SMILES string of the molecule is NC(=O)COC(=O)c1ccc(-c2ccccc2)s1. The maximum atomic E-state index is 11.6. The minimum atomic E-state index is -0.664. The molecular formula is C13H11NO3S. The zero-order chi connectivity index (χ0) is 13.0. The molecule has 1 heterocycles. The lowest BCUT2D eigenvalue weighted by molar-refractivity contribution is -0.121. The van der Waals surface area contributed by atoms with E-state index < -0.39 is 18.5 Å². The zero-order valence-corrected chi connectivity index (χ0v) is 10.3. The number of amides is 1. The highest BCUT2D eigenvalue weighted by atomic mass is 32.1. The number of hydrogen-bond donors (Lipinski definition) is 1. The lowest BCUT2D eigenvalue weighted by atomic mass is 10.2. The molecule has 1 amide bonds. The number of primary amides is 1. The second-order valence-electron chi connectivity index (χ2n) is 3.57. The summed E-state index contributed by atoms with van der Waals surface area (Å²) in [5.74, 6) is -1.19. The zero-order valence-electron chi connectivity index (χ0n) is 9.46. The van der Waals surface area contributed by atoms with Crippen LogP contribution in [0.4, 0.5) is 0 Å². The highest BCUT2D eigenvalue weighted by molar-refractivity contribution is 7.17. The summed E-state index contributed by atoms with van der Waals surface area (Å²) in [6.45, 7) is -0.391. The molecule has 1 aromatic heterocycles. The van der Waals surface area contributed by atoms with Gasteiger partial charge in [0.15, 0.2) is 6.61 Å². The smallest absolute Gasteiger partial charge is 0.348 e. The van der Waals surface area contributed by atoms with E-state index in [4.69, 9.17) is 10.5 Å². The molecule has 0 fully saturated rings. The van der Waals surface area contributed by atoms with Gasteiger partial charge in [-0.15, -0.1) is 11.3 Å². The van der Waals surface area contributed by atoms with Crippen LogP contribution >= 0.6 is 11.3 Å². The van der Waals surface area contributed by atoms with Crippen LogP contribution in [0.3, 0.4) is 0 Å². The molecule has 2 aromatic rings. The number of carbonyl (C=O) groups is 2. The Bertz CT molecular complexity index is 563. The summed E-state index contributed by atoms with van der Waals surface area (Å²) < 4.78 is 4.74. The van der Waals surface area contributed by atoms with Gasteiger partial charge in [0.25, 0.3) is 5.91 Å². The summed E-state index contributed by atoms with van der Waals surface area (Å²) in [6.07, 6.45) is 0. The number of carbonyl (C=O) groups excluding carboxylic acids is 2. The summed E-state index contributed by atoms with van der Waals surface area (Å²) in [6, 6.07) is 13.2. The Kier molecular flexibility index (Phi) is 3.74. The Labute approximate surface area is 108 Å². The number of esters is 1. The fourth-order valence-corrected chi connectivity index (χ4v) is 2.32. The van der Waals surface area contributed by atoms with E-state index in [1.54, 1.807) is 6.07 Å². The molecule has 0 spiro atoms. The molecule has 0 bridgehead atoms. The standard InChI is InChI=1S/C13H11NO3S/c14-12(15)8-17-13(16)11-7-6-10(18-11)9-4-2-1-3-5-9/h1-7H,8H2,(H2,14,15). The van der Waals surface area contributed by atoms with Crippen molar-refractivity contribution in [1.29, 1.82) is 0 Å². The van der Waals surface area contributed by atoms with E-state index in [9.17, 15) is 9.59 Å². The molecule has 0 radical (unpaired) electrons. The first-order valence-electron chi connectivity index (χ1n) is 5.27. The molecule has 0 atom stereocenters. The van der Waals surface area contributed by atoms with Gasteiger partial charge in [-0.3, -0.25) is 4.79 Å². The van der Waals surface area contributed by atoms with Crippen LogP contribution in [0.15, 0.2) is 42.5 Å². The van der Waals surface area contributed by atoms with E-state index in [1.165, 1.54) is 11.3 Å². The molecule has 18 heavy (non-hydrogen) atoms. The quantitative estimate of drug-likeness (QED) is 0.856. The Balaban J connectivity index is 2.11. The van der Waals surface area contributed by atoms with Gasteiger partial charge in [-0.1, -0.05) is 30.3 Å². The van der Waals surface area contributed by atoms with Crippen LogP contribution in [0, 0.1) is 0 Å². The molecule has 0 aliphatic rings. The molecule has 0 unspecified atom stereocenters. The van der Waals surface area contributed by atoms with Crippen molar-refractivity contribution in [3.8, 4) is 10.4 Å². The number of hydrogen-bond acceptors (Lipinski definition) is 4. The highest BCUT2D eigenvalue weighted by Gasteiger charge is 2.12. The molecule has 5 heteroatoms. The molecule has 0 aliphatic heterocycles. The van der Waals surface area contributed by atoms with Gasteiger partial charge in [0.1, 0.15) is 4.88 Å². The molecule has 0 aliphatic carbocycles. The van der Waals surface area contributed by atoms with Crippen LogP contribution in [0.2, 0.25) is 0 Å². The molecule has 0 saturated heterocycles. The maximum absolute atomic E-state index is 11.6. The van der Waals surface area contributed by atoms with Crippen molar-refractivity contribution in [2.45, 2.75) is 0 Å². The van der Waals surface area contributed by atoms with E-state index in [0.717, 1.165) is 10.4 Å². The number of thiophene rings is 1. The van der Waals surface area contributed by atoms with Gasteiger partial charge in [-0.25, -0.2) is 4.79 Å². The summed E-state index contributed by atoms with van der Waals surface area (Å²) in [5, 5.41) is 0. The first kappa shape index (κ1) is 12.3. The summed E-state index contributed by atoms with van der Waals surface area (Å²) in [4.78, 5) is 23.5. The summed E-state index contributed by atoms with van der Waals surface area (Å²) >= 11 is 1.32. The van der Waals surface area contributed by atoms with Crippen molar-refractivity contribution in [3.05, 3.63) is 47.3 Å². The fourth-order valence-electron chi connectivity index (χ4n) is 1.41. The van der Waals surface area contributed by atoms with Gasteiger partial charge in [-0.2, -0.15) is 0 Å². The first-order chi connectivity index (χ1) is 8.66. The highest BCUT2D eigenvalue weighted by Crippen LogP contribution is 2.28. The predicted molar refractivity (Wildman–Crippen MR) is 69.2 cm³/mol. The Morgan fingerprint density at radius 3 is 2.50 bits per heavy atom. The average Bonchev–Trinajstić information content (AvgIpc) is 2.86. The van der Waals surface area contributed by atoms with Crippen LogP contribution in [-0.4, -0.2) is 18.5 Å². The van der Waals surface area contributed by atoms with E-state index in [0.29, 0.717) is 4.88 Å². The molecule has 2 N–H and O–H groups in total. The van der Waals surface area contributed by atoms with Crippen LogP contribution in [-0.2, 0) is 9.53 Å². The minimum absolute atomic E-state index is 0.391. The number of nitrogens with two attached hydrogens (primary N) is 1. The van der Waals surface area contributed by atoms with Gasteiger partial charge in [0.2, 0.25) is 0 Å². The fraction of sp³-hybridized carbons (Fsp3) is 0.0769. The average molecular weight is 261 g/mol. The van der Waals surface area contributed by atoms with Gasteiger partial charge in [0, 0.05) is 4.88 Å². The van der Waals surface area contributed by atoms with Crippen LogP contribution in [0.25, 0.3) is 10.4 Å². The third-order valence-electron chi connectivity index (χ3n) is 2.21. The summed E-state index contributed by atoms with van der Waals surface area (Å²) in [7, 11) is 0. The van der Waals surface area contributed by atoms with Gasteiger partial charge in [-0.05, 0) is 17.7 Å². The normalized spacial score (nSPS) is 10.0. The Morgan fingerprint density at radius 1 is 1.11 bits per heavy atom. The largest absolute Gasteiger partial charge is 0.451 e. The second kappa shape index (κ2) is 5.46. The molecule has 92 valence electrons. The van der Waals surface area contributed by atoms with Crippen molar-refractivity contribution in [2.24, 2.45) is 5.73 Å².